The van der Waals surface area contributed by atoms with Gasteiger partial charge in [0.25, 0.3) is 5.91 Å². The number of ether oxygens (including phenoxy) is 1. The van der Waals surface area contributed by atoms with E-state index in [1.807, 2.05) is 65.4 Å². The maximum absolute atomic E-state index is 12.7. The number of thiophene rings is 2. The number of para-hydroxylation sites is 1. The van der Waals surface area contributed by atoms with Crippen molar-refractivity contribution in [2.24, 2.45) is 0 Å². The molecular weight excluding hydrogens is 406 g/mol. The van der Waals surface area contributed by atoms with Crippen LogP contribution in [-0.4, -0.2) is 28.3 Å². The third kappa shape index (κ3) is 4.61. The second-order valence-electron chi connectivity index (χ2n) is 6.07. The summed E-state index contributed by atoms with van der Waals surface area (Å²) in [5.41, 5.74) is 1.69. The first-order valence-electron chi connectivity index (χ1n) is 8.86. The van der Waals surface area contributed by atoms with E-state index in [1.54, 1.807) is 22.1 Å². The molecule has 6 nitrogen and oxygen atoms in total. The lowest BCUT2D eigenvalue weighted by atomic mass is 10.3. The van der Waals surface area contributed by atoms with Gasteiger partial charge in [-0.25, -0.2) is 9.48 Å². The van der Waals surface area contributed by atoms with E-state index in [4.69, 9.17) is 4.74 Å². The second kappa shape index (κ2) is 8.85. The van der Waals surface area contributed by atoms with Gasteiger partial charge in [-0.15, -0.1) is 22.7 Å². The molecule has 3 heterocycles. The summed E-state index contributed by atoms with van der Waals surface area (Å²) in [5, 5.41) is 11.2. The lowest BCUT2D eigenvalue weighted by Gasteiger charge is -2.08. The molecule has 0 spiro atoms. The van der Waals surface area contributed by atoms with Crippen LogP contribution in [0.15, 0.2) is 71.4 Å². The van der Waals surface area contributed by atoms with Crippen LogP contribution in [0.1, 0.15) is 15.4 Å². The number of benzene rings is 1. The Balaban J connectivity index is 1.49. The molecule has 1 aromatic carbocycles. The normalized spacial score (nSPS) is 10.6. The Morgan fingerprint density at radius 1 is 1.00 bits per heavy atom. The van der Waals surface area contributed by atoms with E-state index in [1.165, 1.54) is 11.3 Å². The van der Waals surface area contributed by atoms with Gasteiger partial charge in [-0.2, -0.15) is 5.10 Å². The van der Waals surface area contributed by atoms with Gasteiger partial charge in [0.15, 0.2) is 12.3 Å². The Kier molecular flexibility index (Phi) is 5.83. The van der Waals surface area contributed by atoms with Crippen molar-refractivity contribution < 1.29 is 14.3 Å². The van der Waals surface area contributed by atoms with E-state index >= 15 is 0 Å². The minimum Gasteiger partial charge on any atom is -0.451 e. The third-order valence-electron chi connectivity index (χ3n) is 4.07. The largest absolute Gasteiger partial charge is 0.451 e. The maximum atomic E-state index is 12.7. The van der Waals surface area contributed by atoms with Gasteiger partial charge in [-0.05, 0) is 35.0 Å². The van der Waals surface area contributed by atoms with Crippen LogP contribution in [0.2, 0.25) is 0 Å². The molecule has 0 bridgehead atoms. The zero-order chi connectivity index (χ0) is 20.1. The van der Waals surface area contributed by atoms with E-state index in [2.05, 4.69) is 10.4 Å². The third-order valence-corrected chi connectivity index (χ3v) is 5.84. The molecule has 146 valence electrons. The van der Waals surface area contributed by atoms with Crippen molar-refractivity contribution in [3.05, 3.63) is 82.0 Å². The van der Waals surface area contributed by atoms with E-state index < -0.39 is 5.97 Å². The molecule has 1 N–H and O–H groups in total. The molecule has 0 unspecified atom stereocenters. The maximum Gasteiger partial charge on any atom is 0.357 e. The fraction of sp³-hybridized carbons (Fsp3) is 0.0952. The summed E-state index contributed by atoms with van der Waals surface area (Å²) in [5.74, 6) is -0.952. The summed E-state index contributed by atoms with van der Waals surface area (Å²) >= 11 is 3.09. The molecule has 0 saturated heterocycles. The predicted molar refractivity (Wildman–Crippen MR) is 113 cm³/mol. The van der Waals surface area contributed by atoms with Gasteiger partial charge in [-0.1, -0.05) is 30.3 Å². The number of aromatic nitrogens is 2. The van der Waals surface area contributed by atoms with Gasteiger partial charge >= 0.3 is 5.97 Å². The van der Waals surface area contributed by atoms with Crippen LogP contribution in [0.5, 0.6) is 0 Å². The highest BCUT2D eigenvalue weighted by Crippen LogP contribution is 2.26. The SMILES string of the molecule is O=C(COC(=O)c1cc(-c2cccs2)nn1-c1ccccc1)NCc1cccs1. The highest BCUT2D eigenvalue weighted by molar-refractivity contribution is 7.13. The van der Waals surface area contributed by atoms with Crippen LogP contribution in [0.3, 0.4) is 0 Å². The van der Waals surface area contributed by atoms with E-state index in [0.717, 1.165) is 15.4 Å². The topological polar surface area (TPSA) is 73.2 Å². The molecule has 0 fully saturated rings. The van der Waals surface area contributed by atoms with Crippen molar-refractivity contribution in [1.29, 1.82) is 0 Å². The second-order valence-corrected chi connectivity index (χ2v) is 8.05. The standard InChI is InChI=1S/C21H17N3O3S2/c25-20(22-13-16-8-4-10-28-16)14-27-21(26)18-12-17(19-9-5-11-29-19)23-24(18)15-6-2-1-3-7-15/h1-12H,13-14H2,(H,22,25). The van der Waals surface area contributed by atoms with Crippen molar-refractivity contribution in [2.45, 2.75) is 6.54 Å². The summed E-state index contributed by atoms with van der Waals surface area (Å²) in [6.07, 6.45) is 0. The van der Waals surface area contributed by atoms with Gasteiger partial charge < -0.3 is 10.1 Å². The van der Waals surface area contributed by atoms with Gasteiger partial charge in [-0.3, -0.25) is 4.79 Å². The zero-order valence-corrected chi connectivity index (χ0v) is 16.9. The number of rotatable bonds is 7. The van der Waals surface area contributed by atoms with Crippen molar-refractivity contribution >= 4 is 34.6 Å². The summed E-state index contributed by atoms with van der Waals surface area (Å²) in [7, 11) is 0. The van der Waals surface area contributed by atoms with Crippen LogP contribution in [0.4, 0.5) is 0 Å². The molecule has 0 saturated carbocycles. The fourth-order valence-electron chi connectivity index (χ4n) is 2.69. The van der Waals surface area contributed by atoms with Gasteiger partial charge in [0.05, 0.1) is 17.1 Å². The average Bonchev–Trinajstić information content (AvgIpc) is 3.51. The molecule has 0 atom stereocenters. The molecule has 1 amide bonds. The molecule has 3 aromatic heterocycles. The molecular formula is C21H17N3O3S2. The van der Waals surface area contributed by atoms with Crippen LogP contribution < -0.4 is 5.32 Å². The Morgan fingerprint density at radius 2 is 1.79 bits per heavy atom. The van der Waals surface area contributed by atoms with Crippen molar-refractivity contribution in [2.75, 3.05) is 6.61 Å². The molecule has 4 aromatic rings. The van der Waals surface area contributed by atoms with Crippen LogP contribution in [0, 0.1) is 0 Å². The van der Waals surface area contributed by atoms with E-state index in [-0.39, 0.29) is 18.2 Å². The van der Waals surface area contributed by atoms with Crippen molar-refractivity contribution in [3.8, 4) is 16.3 Å². The number of amides is 1. The number of nitrogens with zero attached hydrogens (tertiary/aromatic N) is 2. The fourth-order valence-corrected chi connectivity index (χ4v) is 4.02. The first-order chi connectivity index (χ1) is 14.2. The Bertz CT molecular complexity index is 1090. The van der Waals surface area contributed by atoms with Gasteiger partial charge in [0.1, 0.15) is 5.69 Å². The number of carbonyl (C=O) groups excluding carboxylic acids is 2. The highest BCUT2D eigenvalue weighted by Gasteiger charge is 2.20. The minimum atomic E-state index is -0.601. The Labute approximate surface area is 175 Å². The van der Waals surface area contributed by atoms with Gasteiger partial charge in [0.2, 0.25) is 0 Å². The molecule has 8 heteroatoms. The number of esters is 1. The number of nitrogens with one attached hydrogen (secondary N) is 1. The van der Waals surface area contributed by atoms with Crippen molar-refractivity contribution in [3.63, 3.8) is 0 Å². The van der Waals surface area contributed by atoms with E-state index in [9.17, 15) is 9.59 Å². The number of carbonyl (C=O) groups is 2. The summed E-state index contributed by atoms with van der Waals surface area (Å²) in [4.78, 5) is 26.7. The first kappa shape index (κ1) is 19.1. The summed E-state index contributed by atoms with van der Waals surface area (Å²) in [6, 6.07) is 18.7. The number of hydrogen-bond acceptors (Lipinski definition) is 6. The quantitative estimate of drug-likeness (QED) is 0.454. The van der Waals surface area contributed by atoms with Crippen molar-refractivity contribution in [1.82, 2.24) is 15.1 Å². The minimum absolute atomic E-state index is 0.269. The average molecular weight is 424 g/mol. The molecule has 4 rings (SSSR count). The molecule has 0 aliphatic heterocycles. The summed E-state index contributed by atoms with van der Waals surface area (Å²) in [6.45, 7) is 0.0665. The number of hydrogen-bond donors (Lipinski definition) is 1. The summed E-state index contributed by atoms with van der Waals surface area (Å²) < 4.78 is 6.79. The smallest absolute Gasteiger partial charge is 0.357 e. The van der Waals surface area contributed by atoms with Gasteiger partial charge in [0, 0.05) is 10.9 Å². The lowest BCUT2D eigenvalue weighted by Crippen LogP contribution is -2.28. The molecule has 29 heavy (non-hydrogen) atoms. The Morgan fingerprint density at radius 3 is 2.52 bits per heavy atom. The Hall–Kier alpha value is -3.23. The highest BCUT2D eigenvalue weighted by atomic mass is 32.1. The van der Waals surface area contributed by atoms with Crippen LogP contribution >= 0.6 is 22.7 Å². The molecule has 0 radical (unpaired) electrons. The molecule has 0 aliphatic rings. The molecule has 0 aliphatic carbocycles. The van der Waals surface area contributed by atoms with Crippen LogP contribution in [0.25, 0.3) is 16.3 Å². The lowest BCUT2D eigenvalue weighted by molar-refractivity contribution is -0.124. The zero-order valence-electron chi connectivity index (χ0n) is 15.3. The van der Waals surface area contributed by atoms with Crippen LogP contribution in [-0.2, 0) is 16.1 Å². The predicted octanol–water partition coefficient (Wildman–Crippen LogP) is 4.14. The first-order valence-corrected chi connectivity index (χ1v) is 10.6. The van der Waals surface area contributed by atoms with E-state index in [0.29, 0.717) is 12.2 Å². The monoisotopic (exact) mass is 423 g/mol.